The van der Waals surface area contributed by atoms with Gasteiger partial charge in [0.1, 0.15) is 5.76 Å². The van der Waals surface area contributed by atoms with Crippen LogP contribution in [0.15, 0.2) is 40.1 Å². The molecular formula is C12H13NO. The van der Waals surface area contributed by atoms with E-state index in [-0.39, 0.29) is 0 Å². The third-order valence-electron chi connectivity index (χ3n) is 3.19. The Morgan fingerprint density at radius 2 is 2.29 bits per heavy atom. The summed E-state index contributed by atoms with van der Waals surface area (Å²) >= 11 is 0. The van der Waals surface area contributed by atoms with E-state index in [1.165, 1.54) is 11.1 Å². The molecule has 14 heavy (non-hydrogen) atoms. The van der Waals surface area contributed by atoms with Crippen LogP contribution < -0.4 is 0 Å². The first kappa shape index (κ1) is 8.04. The van der Waals surface area contributed by atoms with Crippen molar-refractivity contribution in [1.82, 2.24) is 0 Å². The third kappa shape index (κ3) is 0.999. The summed E-state index contributed by atoms with van der Waals surface area (Å²) in [5.74, 6) is 1.51. The van der Waals surface area contributed by atoms with Gasteiger partial charge in [-0.3, -0.25) is 4.99 Å². The molecule has 3 rings (SSSR count). The van der Waals surface area contributed by atoms with Gasteiger partial charge in [-0.2, -0.15) is 0 Å². The minimum Gasteiger partial charge on any atom is -0.497 e. The highest BCUT2D eigenvalue weighted by Gasteiger charge is 2.36. The zero-order valence-electron chi connectivity index (χ0n) is 8.23. The van der Waals surface area contributed by atoms with E-state index < -0.39 is 0 Å². The summed E-state index contributed by atoms with van der Waals surface area (Å²) in [6.07, 6.45) is 9.38. The molecule has 0 aromatic rings. The summed E-state index contributed by atoms with van der Waals surface area (Å²) in [4.78, 5) is 4.52. The van der Waals surface area contributed by atoms with Crippen LogP contribution in [0.1, 0.15) is 13.3 Å². The smallest absolute Gasteiger partial charge is 0.106 e. The van der Waals surface area contributed by atoms with E-state index in [9.17, 15) is 0 Å². The second kappa shape index (κ2) is 2.84. The average molecular weight is 187 g/mol. The van der Waals surface area contributed by atoms with Crippen molar-refractivity contribution < 1.29 is 4.74 Å². The first-order valence-corrected chi connectivity index (χ1v) is 5.09. The van der Waals surface area contributed by atoms with E-state index in [1.807, 2.05) is 6.21 Å². The van der Waals surface area contributed by atoms with Gasteiger partial charge in [-0.05, 0) is 24.6 Å². The van der Waals surface area contributed by atoms with Gasteiger partial charge in [0.15, 0.2) is 0 Å². The van der Waals surface area contributed by atoms with Crippen LogP contribution in [0, 0.1) is 5.92 Å². The minimum absolute atomic E-state index is 0.301. The fraction of sp³-hybridized carbons (Fsp3) is 0.417. The van der Waals surface area contributed by atoms with Crippen molar-refractivity contribution >= 4 is 6.21 Å². The number of hydrogen-bond donors (Lipinski definition) is 0. The molecule has 2 atom stereocenters. The number of ether oxygens (including phenoxy) is 1. The molecule has 2 heterocycles. The zero-order valence-corrected chi connectivity index (χ0v) is 8.23. The Morgan fingerprint density at radius 3 is 3.21 bits per heavy atom. The quantitative estimate of drug-likeness (QED) is 0.570. The maximum Gasteiger partial charge on any atom is 0.106 e. The SMILES string of the molecule is CC1=CC=C2OCCC3=CC=NC1C32. The lowest BCUT2D eigenvalue weighted by atomic mass is 9.79. The topological polar surface area (TPSA) is 21.6 Å². The van der Waals surface area contributed by atoms with Crippen LogP contribution in [0.5, 0.6) is 0 Å². The van der Waals surface area contributed by atoms with Crippen LogP contribution in [-0.2, 0) is 4.74 Å². The lowest BCUT2D eigenvalue weighted by Crippen LogP contribution is -2.33. The highest BCUT2D eigenvalue weighted by Crippen LogP contribution is 2.39. The molecule has 1 fully saturated rings. The molecule has 2 heteroatoms. The molecule has 1 aliphatic carbocycles. The van der Waals surface area contributed by atoms with Crippen LogP contribution in [0.2, 0.25) is 0 Å². The first-order valence-electron chi connectivity index (χ1n) is 5.09. The fourth-order valence-electron chi connectivity index (χ4n) is 2.42. The summed E-state index contributed by atoms with van der Waals surface area (Å²) in [5.41, 5.74) is 2.82. The Kier molecular flexibility index (Phi) is 1.63. The Bertz CT molecular complexity index is 387. The highest BCUT2D eigenvalue weighted by molar-refractivity contribution is 5.75. The molecule has 0 aromatic heterocycles. The van der Waals surface area contributed by atoms with Crippen molar-refractivity contribution in [2.45, 2.75) is 19.4 Å². The highest BCUT2D eigenvalue weighted by atomic mass is 16.5. The number of dihydropyridines is 1. The predicted octanol–water partition coefficient (Wildman–Crippen LogP) is 2.25. The van der Waals surface area contributed by atoms with Crippen LogP contribution in [0.25, 0.3) is 0 Å². The van der Waals surface area contributed by atoms with Crippen molar-refractivity contribution in [3.63, 3.8) is 0 Å². The summed E-state index contributed by atoms with van der Waals surface area (Å²) < 4.78 is 5.67. The molecule has 3 aliphatic rings. The molecule has 0 radical (unpaired) electrons. The van der Waals surface area contributed by atoms with E-state index in [1.54, 1.807) is 0 Å². The number of rotatable bonds is 0. The zero-order chi connectivity index (χ0) is 9.54. The maximum absolute atomic E-state index is 5.67. The Balaban J connectivity index is 2.10. The Morgan fingerprint density at radius 1 is 1.36 bits per heavy atom. The van der Waals surface area contributed by atoms with Crippen molar-refractivity contribution in [2.24, 2.45) is 10.9 Å². The van der Waals surface area contributed by atoms with E-state index >= 15 is 0 Å². The lowest BCUT2D eigenvalue weighted by Gasteiger charge is -2.37. The lowest BCUT2D eigenvalue weighted by molar-refractivity contribution is 0.151. The molecule has 1 saturated heterocycles. The van der Waals surface area contributed by atoms with Gasteiger partial charge in [0.25, 0.3) is 0 Å². The molecule has 2 nitrogen and oxygen atoms in total. The molecule has 2 unspecified atom stereocenters. The van der Waals surface area contributed by atoms with E-state index in [0.29, 0.717) is 12.0 Å². The molecule has 0 saturated carbocycles. The second-order valence-electron chi connectivity index (χ2n) is 4.04. The van der Waals surface area contributed by atoms with Gasteiger partial charge in [0.2, 0.25) is 0 Å². The van der Waals surface area contributed by atoms with Gasteiger partial charge in [0.05, 0.1) is 18.6 Å². The van der Waals surface area contributed by atoms with Crippen LogP contribution in [0.4, 0.5) is 0 Å². The van der Waals surface area contributed by atoms with Gasteiger partial charge < -0.3 is 4.74 Å². The molecular weight excluding hydrogens is 174 g/mol. The summed E-state index contributed by atoms with van der Waals surface area (Å²) in [6, 6.07) is 0.301. The second-order valence-corrected chi connectivity index (χ2v) is 4.04. The van der Waals surface area contributed by atoms with Crippen molar-refractivity contribution in [2.75, 3.05) is 6.61 Å². The molecule has 0 bridgehead atoms. The molecule has 72 valence electrons. The van der Waals surface area contributed by atoms with Gasteiger partial charge in [-0.15, -0.1) is 0 Å². The van der Waals surface area contributed by atoms with Gasteiger partial charge >= 0.3 is 0 Å². The number of hydrogen-bond acceptors (Lipinski definition) is 2. The van der Waals surface area contributed by atoms with Crippen LogP contribution in [0.3, 0.4) is 0 Å². The first-order chi connectivity index (χ1) is 6.86. The standard InChI is InChI=1S/C12H13NO/c1-8-2-3-10-11-9(5-7-14-10)4-6-13-12(8)11/h2-4,6,11-12H,5,7H2,1H3. The van der Waals surface area contributed by atoms with Crippen LogP contribution >= 0.6 is 0 Å². The number of allylic oxidation sites excluding steroid dienone is 3. The van der Waals surface area contributed by atoms with Gasteiger partial charge in [-0.1, -0.05) is 11.6 Å². The number of aliphatic imine (C=N–C) groups is 1. The Hall–Kier alpha value is -1.31. The molecule has 2 aliphatic heterocycles. The summed E-state index contributed by atoms with van der Waals surface area (Å²) in [6.45, 7) is 2.97. The molecule has 0 aromatic carbocycles. The average Bonchev–Trinajstić information content (AvgIpc) is 2.24. The number of nitrogens with zero attached hydrogens (tertiary/aromatic N) is 1. The van der Waals surface area contributed by atoms with Crippen molar-refractivity contribution in [3.05, 3.63) is 35.1 Å². The predicted molar refractivity (Wildman–Crippen MR) is 56.3 cm³/mol. The monoisotopic (exact) mass is 187 g/mol. The van der Waals surface area contributed by atoms with Crippen molar-refractivity contribution in [3.8, 4) is 0 Å². The van der Waals surface area contributed by atoms with E-state index in [4.69, 9.17) is 4.74 Å². The molecule has 0 N–H and O–H groups in total. The normalized spacial score (nSPS) is 33.6. The van der Waals surface area contributed by atoms with E-state index in [2.05, 4.69) is 30.1 Å². The minimum atomic E-state index is 0.301. The van der Waals surface area contributed by atoms with Gasteiger partial charge in [0, 0.05) is 12.6 Å². The van der Waals surface area contributed by atoms with Crippen molar-refractivity contribution in [1.29, 1.82) is 0 Å². The Labute approximate surface area is 83.7 Å². The largest absolute Gasteiger partial charge is 0.497 e. The summed E-state index contributed by atoms with van der Waals surface area (Å²) in [7, 11) is 0. The van der Waals surface area contributed by atoms with E-state index in [0.717, 1.165) is 18.8 Å². The summed E-state index contributed by atoms with van der Waals surface area (Å²) in [5, 5.41) is 0. The molecule has 0 spiro atoms. The fourth-order valence-corrected chi connectivity index (χ4v) is 2.42. The molecule has 0 amide bonds. The maximum atomic E-state index is 5.67. The van der Waals surface area contributed by atoms with Crippen LogP contribution in [-0.4, -0.2) is 18.9 Å². The third-order valence-corrected chi connectivity index (χ3v) is 3.19. The van der Waals surface area contributed by atoms with Gasteiger partial charge in [-0.25, -0.2) is 0 Å².